The van der Waals surface area contributed by atoms with E-state index in [9.17, 15) is 4.79 Å². The van der Waals surface area contributed by atoms with Crippen molar-refractivity contribution >= 4 is 5.97 Å². The molecule has 0 aromatic heterocycles. The molecule has 1 atom stereocenters. The van der Waals surface area contributed by atoms with Gasteiger partial charge in [0.05, 0.1) is 7.11 Å². The lowest BCUT2D eigenvalue weighted by Gasteiger charge is -2.10. The third-order valence-corrected chi connectivity index (χ3v) is 1.44. The van der Waals surface area contributed by atoms with Crippen molar-refractivity contribution in [3.63, 3.8) is 0 Å². The number of esters is 1. The van der Waals surface area contributed by atoms with Crippen LogP contribution in [0.15, 0.2) is 12.2 Å². The van der Waals surface area contributed by atoms with E-state index in [1.54, 1.807) is 7.05 Å². The summed E-state index contributed by atoms with van der Waals surface area (Å²) in [5.74, 6) is -0.217. The van der Waals surface area contributed by atoms with Crippen molar-refractivity contribution in [1.29, 1.82) is 0 Å². The van der Waals surface area contributed by atoms with E-state index in [1.807, 2.05) is 19.1 Å². The molecule has 64 valence electrons. The molecule has 0 saturated carbocycles. The molecule has 0 bridgehead atoms. The van der Waals surface area contributed by atoms with Crippen LogP contribution in [0.1, 0.15) is 13.3 Å². The summed E-state index contributed by atoms with van der Waals surface area (Å²) in [6.07, 6.45) is 4.52. The molecule has 0 amide bonds. The minimum absolute atomic E-state index is 0.212. The number of rotatable bonds is 4. The lowest BCUT2D eigenvalue weighted by molar-refractivity contribution is -0.142. The van der Waals surface area contributed by atoms with E-state index in [4.69, 9.17) is 0 Å². The van der Waals surface area contributed by atoms with Gasteiger partial charge in [-0.1, -0.05) is 12.2 Å². The second-order valence-corrected chi connectivity index (χ2v) is 2.17. The van der Waals surface area contributed by atoms with Crippen LogP contribution in [0.4, 0.5) is 0 Å². The molecule has 1 N–H and O–H groups in total. The second kappa shape index (κ2) is 5.92. The Bertz CT molecular complexity index is 143. The highest BCUT2D eigenvalue weighted by Gasteiger charge is 2.13. The van der Waals surface area contributed by atoms with Crippen LogP contribution in [-0.4, -0.2) is 26.2 Å². The van der Waals surface area contributed by atoms with Gasteiger partial charge in [-0.2, -0.15) is 0 Å². The van der Waals surface area contributed by atoms with Crippen LogP contribution in [0, 0.1) is 0 Å². The average Bonchev–Trinajstić information content (AvgIpc) is 2.05. The molecule has 0 aliphatic rings. The topological polar surface area (TPSA) is 38.3 Å². The van der Waals surface area contributed by atoms with Gasteiger partial charge in [0.1, 0.15) is 6.04 Å². The third kappa shape index (κ3) is 3.78. The summed E-state index contributed by atoms with van der Waals surface area (Å²) in [6, 6.07) is -0.212. The van der Waals surface area contributed by atoms with E-state index in [0.29, 0.717) is 6.42 Å². The summed E-state index contributed by atoms with van der Waals surface area (Å²) < 4.78 is 4.56. The van der Waals surface area contributed by atoms with E-state index in [1.165, 1.54) is 7.11 Å². The highest BCUT2D eigenvalue weighted by atomic mass is 16.5. The quantitative estimate of drug-likeness (QED) is 0.482. The second-order valence-electron chi connectivity index (χ2n) is 2.17. The minimum Gasteiger partial charge on any atom is -0.468 e. The lowest BCUT2D eigenvalue weighted by Crippen LogP contribution is -2.34. The molecule has 0 aliphatic carbocycles. The highest BCUT2D eigenvalue weighted by molar-refractivity contribution is 5.75. The van der Waals surface area contributed by atoms with Crippen LogP contribution >= 0.6 is 0 Å². The molecular formula is C8H15NO2. The molecule has 0 fully saturated rings. The van der Waals surface area contributed by atoms with Crippen LogP contribution in [-0.2, 0) is 9.53 Å². The Morgan fingerprint density at radius 1 is 1.73 bits per heavy atom. The Morgan fingerprint density at radius 3 is 2.73 bits per heavy atom. The Labute approximate surface area is 67.4 Å². The summed E-state index contributed by atoms with van der Waals surface area (Å²) in [4.78, 5) is 10.9. The molecule has 11 heavy (non-hydrogen) atoms. The predicted molar refractivity (Wildman–Crippen MR) is 44.3 cm³/mol. The zero-order chi connectivity index (χ0) is 8.69. The lowest BCUT2D eigenvalue weighted by atomic mass is 10.2. The number of allylic oxidation sites excluding steroid dienone is 1. The molecule has 0 aromatic carbocycles. The Kier molecular flexibility index (Phi) is 5.47. The van der Waals surface area contributed by atoms with Crippen molar-refractivity contribution in [2.24, 2.45) is 0 Å². The first kappa shape index (κ1) is 10.2. The summed E-state index contributed by atoms with van der Waals surface area (Å²) in [6.45, 7) is 1.92. The van der Waals surface area contributed by atoms with E-state index in [-0.39, 0.29) is 12.0 Å². The Morgan fingerprint density at radius 2 is 2.36 bits per heavy atom. The van der Waals surface area contributed by atoms with Gasteiger partial charge in [0.2, 0.25) is 0 Å². The van der Waals surface area contributed by atoms with Crippen LogP contribution in [0.3, 0.4) is 0 Å². The van der Waals surface area contributed by atoms with Gasteiger partial charge in [0.25, 0.3) is 0 Å². The van der Waals surface area contributed by atoms with Gasteiger partial charge < -0.3 is 10.1 Å². The maximum absolute atomic E-state index is 10.9. The molecule has 0 aromatic rings. The number of nitrogens with one attached hydrogen (secondary N) is 1. The fourth-order valence-corrected chi connectivity index (χ4v) is 0.746. The first-order chi connectivity index (χ1) is 5.26. The smallest absolute Gasteiger partial charge is 0.323 e. The number of ether oxygens (including phenoxy) is 1. The van der Waals surface area contributed by atoms with Crippen molar-refractivity contribution < 1.29 is 9.53 Å². The monoisotopic (exact) mass is 157 g/mol. The predicted octanol–water partition coefficient (Wildman–Crippen LogP) is 0.714. The highest BCUT2D eigenvalue weighted by Crippen LogP contribution is 1.95. The standard InChI is InChI=1S/C8H15NO2/c1-4-5-6-7(9-2)8(10)11-3/h4-5,7,9H,6H2,1-3H3/b5-4+. The van der Waals surface area contributed by atoms with Crippen LogP contribution in [0.2, 0.25) is 0 Å². The maximum Gasteiger partial charge on any atom is 0.323 e. The number of carbonyl (C=O) groups is 1. The summed E-state index contributed by atoms with van der Waals surface area (Å²) >= 11 is 0. The molecule has 0 heterocycles. The first-order valence-corrected chi connectivity index (χ1v) is 3.62. The van der Waals surface area contributed by atoms with Gasteiger partial charge in [-0.25, -0.2) is 0 Å². The Balaban J connectivity index is 3.84. The van der Waals surface area contributed by atoms with Crippen molar-refractivity contribution in [3.8, 4) is 0 Å². The zero-order valence-electron chi connectivity index (χ0n) is 7.26. The van der Waals surface area contributed by atoms with Gasteiger partial charge in [0, 0.05) is 0 Å². The Hall–Kier alpha value is -0.830. The van der Waals surface area contributed by atoms with Crippen molar-refractivity contribution in [3.05, 3.63) is 12.2 Å². The van der Waals surface area contributed by atoms with Gasteiger partial charge in [-0.15, -0.1) is 0 Å². The SMILES string of the molecule is C/C=C/CC(NC)C(=O)OC. The van der Waals surface area contributed by atoms with Gasteiger partial charge in [0.15, 0.2) is 0 Å². The van der Waals surface area contributed by atoms with Crippen molar-refractivity contribution in [2.75, 3.05) is 14.2 Å². The molecule has 0 rings (SSSR count). The molecule has 1 unspecified atom stereocenters. The molecule has 0 saturated heterocycles. The van der Waals surface area contributed by atoms with Gasteiger partial charge in [-0.3, -0.25) is 4.79 Å². The fraction of sp³-hybridized carbons (Fsp3) is 0.625. The molecular weight excluding hydrogens is 142 g/mol. The molecule has 0 spiro atoms. The van der Waals surface area contributed by atoms with Crippen LogP contribution in [0.25, 0.3) is 0 Å². The van der Waals surface area contributed by atoms with Gasteiger partial charge in [-0.05, 0) is 20.4 Å². The van der Waals surface area contributed by atoms with Crippen molar-refractivity contribution in [1.82, 2.24) is 5.32 Å². The van der Waals surface area contributed by atoms with E-state index in [0.717, 1.165) is 0 Å². The first-order valence-electron chi connectivity index (χ1n) is 3.62. The average molecular weight is 157 g/mol. The fourth-order valence-electron chi connectivity index (χ4n) is 0.746. The van der Waals surface area contributed by atoms with E-state index in [2.05, 4.69) is 10.1 Å². The number of carbonyl (C=O) groups excluding carboxylic acids is 1. The number of likely N-dealkylation sites (N-methyl/N-ethyl adjacent to an activating group) is 1. The molecule has 0 radical (unpaired) electrons. The van der Waals surface area contributed by atoms with E-state index >= 15 is 0 Å². The normalized spacial score (nSPS) is 13.4. The number of hydrogen-bond acceptors (Lipinski definition) is 3. The molecule has 3 heteroatoms. The van der Waals surface area contributed by atoms with Crippen LogP contribution in [0.5, 0.6) is 0 Å². The number of methoxy groups -OCH3 is 1. The summed E-state index contributed by atoms with van der Waals surface area (Å²) in [7, 11) is 3.13. The molecule has 0 aliphatic heterocycles. The molecule has 3 nitrogen and oxygen atoms in total. The summed E-state index contributed by atoms with van der Waals surface area (Å²) in [5, 5.41) is 2.86. The minimum atomic E-state index is -0.217. The maximum atomic E-state index is 10.9. The van der Waals surface area contributed by atoms with Crippen LogP contribution < -0.4 is 5.32 Å². The zero-order valence-corrected chi connectivity index (χ0v) is 7.26. The van der Waals surface area contributed by atoms with Crippen molar-refractivity contribution in [2.45, 2.75) is 19.4 Å². The summed E-state index contributed by atoms with van der Waals surface area (Å²) in [5.41, 5.74) is 0. The third-order valence-electron chi connectivity index (χ3n) is 1.44. The van der Waals surface area contributed by atoms with E-state index < -0.39 is 0 Å². The number of hydrogen-bond donors (Lipinski definition) is 1. The largest absolute Gasteiger partial charge is 0.468 e. The van der Waals surface area contributed by atoms with Gasteiger partial charge >= 0.3 is 5.97 Å².